The molecule has 1 saturated heterocycles. The van der Waals surface area contributed by atoms with Crippen LogP contribution in [0.25, 0.3) is 0 Å². The SMILES string of the molecule is CSCC[C@H](N)C(=O)N1CCN(CCCOCC(F)(F)F)CC1. The zero-order valence-corrected chi connectivity index (χ0v) is 14.3. The van der Waals surface area contributed by atoms with Crippen molar-refractivity contribution in [1.82, 2.24) is 9.80 Å². The van der Waals surface area contributed by atoms with Crippen molar-refractivity contribution < 1.29 is 22.7 Å². The Balaban J connectivity index is 2.14. The highest BCUT2D eigenvalue weighted by Gasteiger charge is 2.27. The van der Waals surface area contributed by atoms with E-state index in [1.807, 2.05) is 6.26 Å². The molecule has 0 bridgehead atoms. The predicted octanol–water partition coefficient (Wildman–Crippen LogP) is 1.18. The average Bonchev–Trinajstić information content (AvgIpc) is 2.51. The highest BCUT2D eigenvalue weighted by molar-refractivity contribution is 7.98. The molecule has 1 fully saturated rings. The van der Waals surface area contributed by atoms with Crippen molar-refractivity contribution in [2.24, 2.45) is 5.73 Å². The minimum Gasteiger partial charge on any atom is -0.372 e. The maximum atomic E-state index is 12.2. The van der Waals surface area contributed by atoms with Gasteiger partial charge in [0, 0.05) is 39.3 Å². The first kappa shape index (κ1) is 20.5. The van der Waals surface area contributed by atoms with E-state index in [2.05, 4.69) is 9.64 Å². The summed E-state index contributed by atoms with van der Waals surface area (Å²) >= 11 is 1.67. The van der Waals surface area contributed by atoms with Crippen LogP contribution in [0.5, 0.6) is 0 Å². The van der Waals surface area contributed by atoms with E-state index < -0.39 is 18.8 Å². The maximum absolute atomic E-state index is 12.2. The molecule has 0 radical (unpaired) electrons. The monoisotopic (exact) mass is 357 g/mol. The van der Waals surface area contributed by atoms with Gasteiger partial charge in [0.15, 0.2) is 0 Å². The Labute approximate surface area is 139 Å². The third-order valence-corrected chi connectivity index (χ3v) is 4.31. The molecular formula is C14H26F3N3O2S. The molecule has 0 unspecified atom stereocenters. The average molecular weight is 357 g/mol. The quantitative estimate of drug-likeness (QED) is 0.628. The van der Waals surface area contributed by atoms with Crippen LogP contribution in [0.2, 0.25) is 0 Å². The molecule has 1 rings (SSSR count). The molecule has 2 N–H and O–H groups in total. The van der Waals surface area contributed by atoms with Gasteiger partial charge in [0.1, 0.15) is 6.61 Å². The van der Waals surface area contributed by atoms with E-state index >= 15 is 0 Å². The normalized spacial score (nSPS) is 18.2. The van der Waals surface area contributed by atoms with Crippen LogP contribution >= 0.6 is 11.8 Å². The largest absolute Gasteiger partial charge is 0.411 e. The summed E-state index contributed by atoms with van der Waals surface area (Å²) in [5, 5.41) is 0. The molecule has 1 amide bonds. The Hall–Kier alpha value is -0.510. The zero-order valence-electron chi connectivity index (χ0n) is 13.5. The number of carbonyl (C=O) groups is 1. The number of rotatable bonds is 9. The van der Waals surface area contributed by atoms with Crippen molar-refractivity contribution >= 4 is 17.7 Å². The van der Waals surface area contributed by atoms with Gasteiger partial charge in [-0.2, -0.15) is 24.9 Å². The lowest BCUT2D eigenvalue weighted by molar-refractivity contribution is -0.174. The molecule has 1 aliphatic rings. The molecule has 0 saturated carbocycles. The molecule has 9 heteroatoms. The van der Waals surface area contributed by atoms with E-state index in [4.69, 9.17) is 5.73 Å². The van der Waals surface area contributed by atoms with Crippen LogP contribution in [0.15, 0.2) is 0 Å². The van der Waals surface area contributed by atoms with Gasteiger partial charge in [0.25, 0.3) is 0 Å². The van der Waals surface area contributed by atoms with E-state index in [0.29, 0.717) is 32.5 Å². The molecule has 136 valence electrons. The van der Waals surface area contributed by atoms with Crippen molar-refractivity contribution in [2.75, 3.05) is 57.9 Å². The maximum Gasteiger partial charge on any atom is 0.411 e. The summed E-state index contributed by atoms with van der Waals surface area (Å²) in [6.07, 6.45) is -1.05. The molecule has 0 spiro atoms. The first-order valence-corrected chi connectivity index (χ1v) is 9.13. The van der Waals surface area contributed by atoms with Gasteiger partial charge in [-0.25, -0.2) is 0 Å². The van der Waals surface area contributed by atoms with Crippen molar-refractivity contribution in [3.8, 4) is 0 Å². The van der Waals surface area contributed by atoms with Gasteiger partial charge >= 0.3 is 6.18 Å². The first-order valence-electron chi connectivity index (χ1n) is 7.73. The molecule has 1 atom stereocenters. The lowest BCUT2D eigenvalue weighted by Crippen LogP contribution is -2.53. The topological polar surface area (TPSA) is 58.8 Å². The van der Waals surface area contributed by atoms with E-state index in [-0.39, 0.29) is 12.5 Å². The summed E-state index contributed by atoms with van der Waals surface area (Å²) in [5.41, 5.74) is 5.89. The molecule has 5 nitrogen and oxygen atoms in total. The van der Waals surface area contributed by atoms with Gasteiger partial charge in [-0.3, -0.25) is 9.69 Å². The number of piperazine rings is 1. The number of nitrogens with zero attached hydrogens (tertiary/aromatic N) is 2. The van der Waals surface area contributed by atoms with E-state index in [1.54, 1.807) is 16.7 Å². The molecular weight excluding hydrogens is 331 g/mol. The summed E-state index contributed by atoms with van der Waals surface area (Å²) in [4.78, 5) is 16.1. The van der Waals surface area contributed by atoms with Gasteiger partial charge in [-0.05, 0) is 24.9 Å². The van der Waals surface area contributed by atoms with Crippen LogP contribution in [0.1, 0.15) is 12.8 Å². The Morgan fingerprint density at radius 3 is 2.52 bits per heavy atom. The fraction of sp³-hybridized carbons (Fsp3) is 0.929. The molecule has 1 heterocycles. The molecule has 0 aromatic heterocycles. The van der Waals surface area contributed by atoms with Crippen LogP contribution in [0.4, 0.5) is 13.2 Å². The van der Waals surface area contributed by atoms with Gasteiger partial charge in [0.05, 0.1) is 6.04 Å². The number of halogens is 3. The summed E-state index contributed by atoms with van der Waals surface area (Å²) in [7, 11) is 0. The number of amides is 1. The van der Waals surface area contributed by atoms with Crippen molar-refractivity contribution in [3.63, 3.8) is 0 Å². The molecule has 23 heavy (non-hydrogen) atoms. The van der Waals surface area contributed by atoms with Crippen LogP contribution < -0.4 is 5.73 Å². The third-order valence-electron chi connectivity index (χ3n) is 3.66. The predicted molar refractivity (Wildman–Crippen MR) is 85.5 cm³/mol. The zero-order chi connectivity index (χ0) is 17.3. The van der Waals surface area contributed by atoms with Crippen LogP contribution in [0, 0.1) is 0 Å². The Bertz CT molecular complexity index is 351. The summed E-state index contributed by atoms with van der Waals surface area (Å²) in [6.45, 7) is 2.27. The molecule has 1 aliphatic heterocycles. The van der Waals surface area contributed by atoms with E-state index in [9.17, 15) is 18.0 Å². The second-order valence-electron chi connectivity index (χ2n) is 5.58. The minimum absolute atomic E-state index is 0.00721. The van der Waals surface area contributed by atoms with Crippen molar-refractivity contribution in [2.45, 2.75) is 25.1 Å². The number of thioether (sulfide) groups is 1. The van der Waals surface area contributed by atoms with E-state index in [0.717, 1.165) is 18.8 Å². The van der Waals surface area contributed by atoms with Gasteiger partial charge in [-0.15, -0.1) is 0 Å². The Morgan fingerprint density at radius 1 is 1.30 bits per heavy atom. The smallest absolute Gasteiger partial charge is 0.372 e. The number of carbonyl (C=O) groups excluding carboxylic acids is 1. The van der Waals surface area contributed by atoms with Crippen LogP contribution in [-0.4, -0.2) is 85.9 Å². The van der Waals surface area contributed by atoms with Crippen LogP contribution in [0.3, 0.4) is 0 Å². The second-order valence-corrected chi connectivity index (χ2v) is 6.56. The first-order chi connectivity index (χ1) is 10.8. The lowest BCUT2D eigenvalue weighted by atomic mass is 10.2. The Morgan fingerprint density at radius 2 is 1.96 bits per heavy atom. The Kier molecular flexibility index (Phi) is 9.26. The number of nitrogens with two attached hydrogens (primary N) is 1. The fourth-order valence-electron chi connectivity index (χ4n) is 2.37. The molecule has 0 aromatic carbocycles. The number of alkyl halides is 3. The third kappa shape index (κ3) is 8.78. The summed E-state index contributed by atoms with van der Waals surface area (Å²) in [5.74, 6) is 0.859. The number of ether oxygens (including phenoxy) is 1. The highest BCUT2D eigenvalue weighted by Crippen LogP contribution is 2.14. The highest BCUT2D eigenvalue weighted by atomic mass is 32.2. The van der Waals surface area contributed by atoms with E-state index in [1.165, 1.54) is 0 Å². The number of hydrogen-bond donors (Lipinski definition) is 1. The van der Waals surface area contributed by atoms with Crippen molar-refractivity contribution in [3.05, 3.63) is 0 Å². The van der Waals surface area contributed by atoms with Crippen LogP contribution in [-0.2, 0) is 9.53 Å². The van der Waals surface area contributed by atoms with Gasteiger partial charge < -0.3 is 15.4 Å². The number of hydrogen-bond acceptors (Lipinski definition) is 5. The molecule has 0 aromatic rings. The minimum atomic E-state index is -4.26. The fourth-order valence-corrected chi connectivity index (χ4v) is 2.86. The summed E-state index contributed by atoms with van der Waals surface area (Å²) in [6, 6.07) is -0.440. The standard InChI is InChI=1S/C14H26F3N3O2S/c1-23-10-3-12(18)13(21)20-7-5-19(6-8-20)4-2-9-22-11-14(15,16)17/h12H,2-11,18H2,1H3/t12-/m0/s1. The van der Waals surface area contributed by atoms with Crippen molar-refractivity contribution in [1.29, 1.82) is 0 Å². The van der Waals surface area contributed by atoms with Gasteiger partial charge in [0.2, 0.25) is 5.91 Å². The second kappa shape index (κ2) is 10.4. The lowest BCUT2D eigenvalue weighted by Gasteiger charge is -2.35. The summed E-state index contributed by atoms with van der Waals surface area (Å²) < 4.78 is 40.3. The molecule has 0 aliphatic carbocycles. The van der Waals surface area contributed by atoms with Gasteiger partial charge in [-0.1, -0.05) is 0 Å².